The topological polar surface area (TPSA) is 78.9 Å². The van der Waals surface area contributed by atoms with E-state index in [4.69, 9.17) is 14.2 Å². The minimum absolute atomic E-state index is 0.111. The average Bonchev–Trinajstić information content (AvgIpc) is 3.22. The van der Waals surface area contributed by atoms with Gasteiger partial charge in [-0.3, -0.25) is 14.4 Å². The SMILES string of the molecule is CCCCC/C=C\CC=CCCC(=O)OCC(COC(=O)CCCCCCCCCCCCCCCCCCCCCC)OC(=O)CCC=CC/C=C/CCCCC. The zero-order chi connectivity index (χ0) is 42.3. The number of carbonyl (C=O) groups excluding carboxylic acids is 3. The van der Waals surface area contributed by atoms with Gasteiger partial charge in [-0.1, -0.05) is 217 Å². The Morgan fingerprint density at radius 3 is 1.05 bits per heavy atom. The van der Waals surface area contributed by atoms with Gasteiger partial charge in [0.2, 0.25) is 0 Å². The van der Waals surface area contributed by atoms with Crippen molar-refractivity contribution in [3.05, 3.63) is 48.6 Å². The number of carbonyl (C=O) groups is 3. The van der Waals surface area contributed by atoms with Crippen LogP contribution in [0.1, 0.15) is 245 Å². The lowest BCUT2D eigenvalue weighted by atomic mass is 10.0. The number of rotatable bonds is 44. The van der Waals surface area contributed by atoms with Crippen LogP contribution in [-0.4, -0.2) is 37.2 Å². The smallest absolute Gasteiger partial charge is 0.306 e. The maximum Gasteiger partial charge on any atom is 0.306 e. The lowest BCUT2D eigenvalue weighted by Gasteiger charge is -2.18. The molecule has 0 aromatic rings. The predicted octanol–water partition coefficient (Wildman–Crippen LogP) is 15.9. The van der Waals surface area contributed by atoms with Crippen molar-refractivity contribution < 1.29 is 28.6 Å². The van der Waals surface area contributed by atoms with Crippen molar-refractivity contribution in [3.8, 4) is 0 Å². The Balaban J connectivity index is 4.29. The van der Waals surface area contributed by atoms with Gasteiger partial charge in [0.15, 0.2) is 6.10 Å². The maximum atomic E-state index is 12.7. The Kier molecular flexibility index (Phi) is 44.9. The van der Waals surface area contributed by atoms with E-state index >= 15 is 0 Å². The van der Waals surface area contributed by atoms with Gasteiger partial charge < -0.3 is 14.2 Å². The van der Waals surface area contributed by atoms with E-state index in [-0.39, 0.29) is 38.0 Å². The zero-order valence-corrected chi connectivity index (χ0v) is 38.3. The van der Waals surface area contributed by atoms with E-state index in [1.807, 2.05) is 12.2 Å². The molecule has 0 aliphatic heterocycles. The summed E-state index contributed by atoms with van der Waals surface area (Å²) in [6.45, 7) is 6.46. The maximum absolute atomic E-state index is 12.7. The molecular weight excluding hydrogens is 721 g/mol. The molecule has 0 spiro atoms. The molecule has 6 heteroatoms. The molecule has 0 aromatic carbocycles. The third-order valence-electron chi connectivity index (χ3n) is 10.6. The highest BCUT2D eigenvalue weighted by Crippen LogP contribution is 2.15. The van der Waals surface area contributed by atoms with Gasteiger partial charge in [-0.25, -0.2) is 0 Å². The summed E-state index contributed by atoms with van der Waals surface area (Å²) in [5.41, 5.74) is 0. The molecule has 336 valence electrons. The Hall–Kier alpha value is -2.63. The van der Waals surface area contributed by atoms with Crippen molar-refractivity contribution in [2.24, 2.45) is 0 Å². The van der Waals surface area contributed by atoms with Crippen molar-refractivity contribution in [1.29, 1.82) is 0 Å². The Morgan fingerprint density at radius 1 is 0.345 bits per heavy atom. The van der Waals surface area contributed by atoms with E-state index in [0.29, 0.717) is 19.3 Å². The number of hydrogen-bond donors (Lipinski definition) is 0. The van der Waals surface area contributed by atoms with Crippen LogP contribution in [0.4, 0.5) is 0 Å². The molecule has 0 aliphatic rings. The molecule has 0 bridgehead atoms. The fourth-order valence-corrected chi connectivity index (χ4v) is 6.84. The van der Waals surface area contributed by atoms with Crippen LogP contribution in [0.2, 0.25) is 0 Å². The van der Waals surface area contributed by atoms with Crippen LogP contribution in [0, 0.1) is 0 Å². The summed E-state index contributed by atoms with van der Waals surface area (Å²) < 4.78 is 16.6. The third kappa shape index (κ3) is 44.5. The van der Waals surface area contributed by atoms with Gasteiger partial charge in [-0.05, 0) is 57.8 Å². The lowest BCUT2D eigenvalue weighted by molar-refractivity contribution is -0.166. The van der Waals surface area contributed by atoms with Gasteiger partial charge in [0.25, 0.3) is 0 Å². The normalized spacial score (nSPS) is 12.4. The summed E-state index contributed by atoms with van der Waals surface area (Å²) in [5, 5.41) is 0. The van der Waals surface area contributed by atoms with Crippen molar-refractivity contribution >= 4 is 17.9 Å². The van der Waals surface area contributed by atoms with Gasteiger partial charge in [0.1, 0.15) is 13.2 Å². The van der Waals surface area contributed by atoms with Crippen LogP contribution in [0.3, 0.4) is 0 Å². The summed E-state index contributed by atoms with van der Waals surface area (Å²) in [7, 11) is 0. The highest BCUT2D eigenvalue weighted by atomic mass is 16.6. The van der Waals surface area contributed by atoms with Crippen LogP contribution >= 0.6 is 0 Å². The Morgan fingerprint density at radius 2 is 0.655 bits per heavy atom. The van der Waals surface area contributed by atoms with Gasteiger partial charge in [0.05, 0.1) is 0 Å². The average molecular weight is 813 g/mol. The minimum atomic E-state index is -0.821. The fourth-order valence-electron chi connectivity index (χ4n) is 6.84. The quantitative estimate of drug-likeness (QED) is 0.0264. The number of hydrogen-bond acceptors (Lipinski definition) is 6. The minimum Gasteiger partial charge on any atom is -0.462 e. The van der Waals surface area contributed by atoms with Gasteiger partial charge in [-0.15, -0.1) is 0 Å². The molecule has 0 fully saturated rings. The second kappa shape index (κ2) is 47.1. The molecule has 0 aliphatic carbocycles. The fraction of sp³-hybridized carbons (Fsp3) is 0.788. The number of unbranched alkanes of at least 4 members (excludes halogenated alkanes) is 25. The largest absolute Gasteiger partial charge is 0.462 e. The highest BCUT2D eigenvalue weighted by Gasteiger charge is 2.19. The molecule has 0 amide bonds. The van der Waals surface area contributed by atoms with Gasteiger partial charge in [0, 0.05) is 19.3 Å². The number of esters is 3. The Labute approximate surface area is 358 Å². The second-order valence-corrected chi connectivity index (χ2v) is 16.4. The van der Waals surface area contributed by atoms with Gasteiger partial charge in [-0.2, -0.15) is 0 Å². The standard InChI is InChI=1S/C52H92O6/c1-4-7-10-13-16-19-22-23-24-25-26-27-28-29-30-31-34-36-39-42-45-51(54)57-48-49(58-52(55)46-43-40-37-33-21-18-15-12-9-6-3)47-56-50(53)44-41-38-35-32-20-17-14-11-8-5-2/h17-18,20-21,35,37-38,40,49H,4-16,19,22-34,36,39,41-48H2,1-3H3/b20-17-,21-18+,38-35?,40-37?. The third-order valence-corrected chi connectivity index (χ3v) is 10.6. The van der Waals surface area contributed by atoms with Crippen LogP contribution in [-0.2, 0) is 28.6 Å². The molecule has 0 saturated carbocycles. The van der Waals surface area contributed by atoms with E-state index in [0.717, 1.165) is 44.9 Å². The summed E-state index contributed by atoms with van der Waals surface area (Å²) in [4.78, 5) is 37.7. The zero-order valence-electron chi connectivity index (χ0n) is 38.3. The molecule has 0 heterocycles. The molecule has 1 unspecified atom stereocenters. The van der Waals surface area contributed by atoms with E-state index < -0.39 is 12.1 Å². The van der Waals surface area contributed by atoms with Crippen molar-refractivity contribution in [2.45, 2.75) is 252 Å². The molecular formula is C52H92O6. The molecule has 1 atom stereocenters. The van der Waals surface area contributed by atoms with E-state index in [9.17, 15) is 14.4 Å². The van der Waals surface area contributed by atoms with Crippen LogP contribution < -0.4 is 0 Å². The van der Waals surface area contributed by atoms with E-state index in [1.54, 1.807) is 0 Å². The monoisotopic (exact) mass is 813 g/mol. The first kappa shape index (κ1) is 55.4. The first-order valence-electron chi connectivity index (χ1n) is 24.6. The summed E-state index contributed by atoms with van der Waals surface area (Å²) in [6.07, 6.45) is 55.7. The molecule has 58 heavy (non-hydrogen) atoms. The van der Waals surface area contributed by atoms with Crippen LogP contribution in [0.15, 0.2) is 48.6 Å². The first-order chi connectivity index (χ1) is 28.5. The number of allylic oxidation sites excluding steroid dienone is 8. The molecule has 0 rings (SSSR count). The summed E-state index contributed by atoms with van der Waals surface area (Å²) in [6, 6.07) is 0. The van der Waals surface area contributed by atoms with Crippen molar-refractivity contribution in [1.82, 2.24) is 0 Å². The summed E-state index contributed by atoms with van der Waals surface area (Å²) in [5.74, 6) is -1.05. The molecule has 0 N–H and O–H groups in total. The predicted molar refractivity (Wildman–Crippen MR) is 247 cm³/mol. The lowest BCUT2D eigenvalue weighted by Crippen LogP contribution is -2.30. The first-order valence-corrected chi connectivity index (χ1v) is 24.6. The van der Waals surface area contributed by atoms with Crippen LogP contribution in [0.5, 0.6) is 0 Å². The molecule has 0 radical (unpaired) electrons. The van der Waals surface area contributed by atoms with E-state index in [2.05, 4.69) is 57.2 Å². The van der Waals surface area contributed by atoms with E-state index in [1.165, 1.54) is 148 Å². The molecule has 0 aromatic heterocycles. The van der Waals surface area contributed by atoms with Gasteiger partial charge >= 0.3 is 17.9 Å². The van der Waals surface area contributed by atoms with Crippen LogP contribution in [0.25, 0.3) is 0 Å². The molecule has 6 nitrogen and oxygen atoms in total. The summed E-state index contributed by atoms with van der Waals surface area (Å²) >= 11 is 0. The number of ether oxygens (including phenoxy) is 3. The molecule has 0 saturated heterocycles. The highest BCUT2D eigenvalue weighted by molar-refractivity contribution is 5.71. The van der Waals surface area contributed by atoms with Crippen molar-refractivity contribution in [2.75, 3.05) is 13.2 Å². The van der Waals surface area contributed by atoms with Crippen molar-refractivity contribution in [3.63, 3.8) is 0 Å². The second-order valence-electron chi connectivity index (χ2n) is 16.4. The Bertz CT molecular complexity index is 1030.